The Hall–Kier alpha value is -0.870. The average Bonchev–Trinajstić information content (AvgIpc) is 2.40. The first-order valence-corrected chi connectivity index (χ1v) is 7.64. The van der Waals surface area contributed by atoms with Gasteiger partial charge in [0, 0.05) is 8.04 Å². The fourth-order valence-electron chi connectivity index (χ4n) is 2.73. The van der Waals surface area contributed by atoms with Gasteiger partial charge in [0.25, 0.3) is 0 Å². The minimum atomic E-state index is 1.17. The number of rotatable bonds is 0. The van der Waals surface area contributed by atoms with Crippen LogP contribution in [0.25, 0.3) is 32.3 Å². The second-order valence-electron chi connectivity index (χ2n) is 4.52. The molecule has 0 amide bonds. The molecule has 4 aromatic carbocycles. The molecule has 0 aliphatic heterocycles. The van der Waals surface area contributed by atoms with Crippen molar-refractivity contribution in [1.29, 1.82) is 0 Å². The smallest absolute Gasteiger partial charge is 0.0254 e. The third kappa shape index (κ3) is 1.36. The van der Waals surface area contributed by atoms with Crippen LogP contribution in [0.1, 0.15) is 0 Å². The van der Waals surface area contributed by atoms with E-state index in [1.807, 2.05) is 0 Å². The quantitative estimate of drug-likeness (QED) is 0.250. The summed E-state index contributed by atoms with van der Waals surface area (Å²) >= 11 is 6.07. The van der Waals surface area contributed by atoms with Gasteiger partial charge in [0.15, 0.2) is 0 Å². The molecular formula is C16H8BrI. The Morgan fingerprint density at radius 2 is 1.22 bits per heavy atom. The maximum Gasteiger partial charge on any atom is 0.0254 e. The van der Waals surface area contributed by atoms with Gasteiger partial charge in [-0.3, -0.25) is 0 Å². The Bertz CT molecular complexity index is 820. The molecule has 0 radical (unpaired) electrons. The van der Waals surface area contributed by atoms with Crippen LogP contribution >= 0.6 is 38.5 Å². The highest BCUT2D eigenvalue weighted by molar-refractivity contribution is 14.1. The van der Waals surface area contributed by atoms with Crippen LogP contribution in [0.5, 0.6) is 0 Å². The van der Waals surface area contributed by atoms with Crippen molar-refractivity contribution >= 4 is 70.8 Å². The lowest BCUT2D eigenvalue weighted by Crippen LogP contribution is -1.86. The molecule has 0 nitrogen and oxygen atoms in total. The van der Waals surface area contributed by atoms with Crippen molar-refractivity contribution in [3.8, 4) is 0 Å². The molecule has 0 aliphatic rings. The number of halogens is 2. The molecular weight excluding hydrogens is 399 g/mol. The number of hydrogen-bond acceptors (Lipinski definition) is 0. The summed E-state index contributed by atoms with van der Waals surface area (Å²) in [5.74, 6) is 0. The Balaban J connectivity index is 2.47. The summed E-state index contributed by atoms with van der Waals surface area (Å²) in [7, 11) is 0. The van der Waals surface area contributed by atoms with Gasteiger partial charge in [0.1, 0.15) is 0 Å². The normalized spacial score (nSPS) is 11.9. The van der Waals surface area contributed by atoms with E-state index in [4.69, 9.17) is 0 Å². The summed E-state index contributed by atoms with van der Waals surface area (Å²) in [6, 6.07) is 17.6. The van der Waals surface area contributed by atoms with Crippen molar-refractivity contribution in [3.05, 3.63) is 56.6 Å². The third-order valence-corrected chi connectivity index (χ3v) is 5.19. The van der Waals surface area contributed by atoms with Gasteiger partial charge < -0.3 is 0 Å². The fourth-order valence-corrected chi connectivity index (χ4v) is 3.82. The van der Waals surface area contributed by atoms with E-state index < -0.39 is 0 Å². The largest absolute Gasteiger partial charge is 0.0537 e. The second-order valence-corrected chi connectivity index (χ2v) is 6.53. The van der Waals surface area contributed by atoms with Crippen LogP contribution < -0.4 is 0 Å². The monoisotopic (exact) mass is 406 g/mol. The van der Waals surface area contributed by atoms with Gasteiger partial charge in [-0.1, -0.05) is 52.3 Å². The lowest BCUT2D eigenvalue weighted by molar-refractivity contribution is 1.72. The van der Waals surface area contributed by atoms with Crippen LogP contribution in [0, 0.1) is 3.57 Å². The maximum atomic E-state index is 3.66. The molecule has 0 saturated carbocycles. The van der Waals surface area contributed by atoms with E-state index >= 15 is 0 Å². The highest BCUT2D eigenvalue weighted by atomic mass is 127. The first kappa shape index (κ1) is 11.0. The molecule has 0 aromatic heterocycles. The van der Waals surface area contributed by atoms with Crippen LogP contribution in [-0.4, -0.2) is 0 Å². The molecule has 0 atom stereocenters. The number of benzene rings is 4. The Labute approximate surface area is 127 Å². The topological polar surface area (TPSA) is 0 Å². The van der Waals surface area contributed by atoms with Crippen LogP contribution in [0.4, 0.5) is 0 Å². The van der Waals surface area contributed by atoms with Crippen molar-refractivity contribution in [2.24, 2.45) is 0 Å². The zero-order chi connectivity index (χ0) is 12.3. The predicted octanol–water partition coefficient (Wildman–Crippen LogP) is 5.95. The summed E-state index contributed by atoms with van der Waals surface area (Å²) in [6.45, 7) is 0. The van der Waals surface area contributed by atoms with Gasteiger partial charge in [-0.15, -0.1) is 0 Å². The van der Waals surface area contributed by atoms with E-state index in [0.717, 1.165) is 0 Å². The van der Waals surface area contributed by atoms with Gasteiger partial charge in [0.2, 0.25) is 0 Å². The van der Waals surface area contributed by atoms with Crippen molar-refractivity contribution < 1.29 is 0 Å². The molecule has 0 bridgehead atoms. The highest BCUT2D eigenvalue weighted by Gasteiger charge is 2.10. The van der Waals surface area contributed by atoms with E-state index in [9.17, 15) is 0 Å². The maximum absolute atomic E-state index is 3.66. The molecule has 0 heterocycles. The first-order chi connectivity index (χ1) is 8.75. The van der Waals surface area contributed by atoms with Crippen LogP contribution in [0.3, 0.4) is 0 Å². The standard InChI is InChI=1S/C16H8BrI/c17-13-7-3-9-2-6-12-14(18)8-4-10-1-5-11(13)15(9)16(10)12/h1-8H. The Morgan fingerprint density at radius 3 is 2.00 bits per heavy atom. The van der Waals surface area contributed by atoms with E-state index in [2.05, 4.69) is 87.1 Å². The molecule has 0 saturated heterocycles. The Morgan fingerprint density at radius 1 is 0.667 bits per heavy atom. The molecule has 0 fully saturated rings. The lowest BCUT2D eigenvalue weighted by Gasteiger charge is -2.12. The predicted molar refractivity (Wildman–Crippen MR) is 90.6 cm³/mol. The minimum absolute atomic E-state index is 1.17. The summed E-state index contributed by atoms with van der Waals surface area (Å²) in [5.41, 5.74) is 0. The molecule has 2 heteroatoms. The highest BCUT2D eigenvalue weighted by Crippen LogP contribution is 2.38. The minimum Gasteiger partial charge on any atom is -0.0537 e. The van der Waals surface area contributed by atoms with E-state index in [1.165, 1.54) is 40.4 Å². The average molecular weight is 407 g/mol. The van der Waals surface area contributed by atoms with Gasteiger partial charge in [0.05, 0.1) is 0 Å². The molecule has 0 N–H and O–H groups in total. The zero-order valence-corrected chi connectivity index (χ0v) is 13.1. The summed E-state index contributed by atoms with van der Waals surface area (Å²) in [6.07, 6.45) is 0. The van der Waals surface area contributed by atoms with Crippen LogP contribution in [0.2, 0.25) is 0 Å². The van der Waals surface area contributed by atoms with E-state index in [-0.39, 0.29) is 0 Å². The van der Waals surface area contributed by atoms with Crippen molar-refractivity contribution in [1.82, 2.24) is 0 Å². The number of hydrogen-bond donors (Lipinski definition) is 0. The SMILES string of the molecule is Brc1ccc2ccc3c(I)ccc4ccc1c2c43. The lowest BCUT2D eigenvalue weighted by atomic mass is 9.94. The molecule has 4 aromatic rings. The molecule has 0 unspecified atom stereocenters. The summed E-state index contributed by atoms with van der Waals surface area (Å²) < 4.78 is 2.48. The third-order valence-electron chi connectivity index (χ3n) is 3.56. The van der Waals surface area contributed by atoms with Crippen LogP contribution in [0.15, 0.2) is 53.0 Å². The molecule has 0 aliphatic carbocycles. The van der Waals surface area contributed by atoms with Crippen molar-refractivity contribution in [3.63, 3.8) is 0 Å². The van der Waals surface area contributed by atoms with E-state index in [0.29, 0.717) is 0 Å². The van der Waals surface area contributed by atoms with Crippen molar-refractivity contribution in [2.45, 2.75) is 0 Å². The second kappa shape index (κ2) is 3.81. The van der Waals surface area contributed by atoms with Gasteiger partial charge >= 0.3 is 0 Å². The fraction of sp³-hybridized carbons (Fsp3) is 0. The molecule has 18 heavy (non-hydrogen) atoms. The van der Waals surface area contributed by atoms with Crippen LogP contribution in [-0.2, 0) is 0 Å². The van der Waals surface area contributed by atoms with E-state index in [1.54, 1.807) is 0 Å². The van der Waals surface area contributed by atoms with Crippen molar-refractivity contribution in [2.75, 3.05) is 0 Å². The summed E-state index contributed by atoms with van der Waals surface area (Å²) in [4.78, 5) is 0. The van der Waals surface area contributed by atoms with Gasteiger partial charge in [-0.25, -0.2) is 0 Å². The van der Waals surface area contributed by atoms with Gasteiger partial charge in [-0.05, 0) is 67.0 Å². The molecule has 86 valence electrons. The molecule has 0 spiro atoms. The Kier molecular flexibility index (Phi) is 2.33. The van der Waals surface area contributed by atoms with Gasteiger partial charge in [-0.2, -0.15) is 0 Å². The first-order valence-electron chi connectivity index (χ1n) is 5.77. The summed E-state index contributed by atoms with van der Waals surface area (Å²) in [5, 5.41) is 8.04. The zero-order valence-electron chi connectivity index (χ0n) is 9.37. The molecule has 4 rings (SSSR count).